The summed E-state index contributed by atoms with van der Waals surface area (Å²) < 4.78 is 30.8. The van der Waals surface area contributed by atoms with Gasteiger partial charge >= 0.3 is 5.97 Å². The number of carbonyl (C=O) groups is 2. The summed E-state index contributed by atoms with van der Waals surface area (Å²) in [5.74, 6) is -0.908. The maximum absolute atomic E-state index is 13.0. The molecule has 0 spiro atoms. The molecular weight excluding hydrogens is 444 g/mol. The molecule has 2 aliphatic heterocycles. The number of rotatable bonds is 4. The molecule has 2 aromatic carbocycles. The largest absolute Gasteiger partial charge is 0.462 e. The van der Waals surface area contributed by atoms with E-state index in [0.29, 0.717) is 41.3 Å². The van der Waals surface area contributed by atoms with E-state index in [1.54, 1.807) is 50.2 Å². The lowest BCUT2D eigenvalue weighted by Crippen LogP contribution is -2.35. The van der Waals surface area contributed by atoms with Crippen molar-refractivity contribution in [3.63, 3.8) is 0 Å². The Morgan fingerprint density at radius 2 is 1.88 bits per heavy atom. The van der Waals surface area contributed by atoms with Crippen LogP contribution in [0.3, 0.4) is 0 Å². The van der Waals surface area contributed by atoms with Gasteiger partial charge in [-0.15, -0.1) is 0 Å². The predicted molar refractivity (Wildman–Crippen MR) is 126 cm³/mol. The second-order valence-electron chi connectivity index (χ2n) is 7.57. The Morgan fingerprint density at radius 3 is 2.55 bits per heavy atom. The van der Waals surface area contributed by atoms with Gasteiger partial charge in [0.15, 0.2) is 0 Å². The minimum absolute atomic E-state index is 0.0691. The lowest BCUT2D eigenvalue weighted by Gasteiger charge is -2.17. The van der Waals surface area contributed by atoms with Crippen molar-refractivity contribution in [1.29, 1.82) is 0 Å². The Balaban J connectivity index is 1.64. The molecule has 0 aliphatic carbocycles. The van der Waals surface area contributed by atoms with E-state index in [-0.39, 0.29) is 23.8 Å². The molecule has 10 heteroatoms. The Labute approximate surface area is 192 Å². The van der Waals surface area contributed by atoms with Gasteiger partial charge in [0, 0.05) is 17.8 Å². The van der Waals surface area contributed by atoms with Crippen LogP contribution >= 0.6 is 0 Å². The predicted octanol–water partition coefficient (Wildman–Crippen LogP) is 2.95. The number of amides is 1. The third-order valence-corrected chi connectivity index (χ3v) is 7.17. The van der Waals surface area contributed by atoms with Gasteiger partial charge in [0.2, 0.25) is 10.0 Å². The quantitative estimate of drug-likeness (QED) is 0.667. The van der Waals surface area contributed by atoms with Gasteiger partial charge in [-0.05, 0) is 56.7 Å². The average Bonchev–Trinajstić information content (AvgIpc) is 3.06. The molecule has 2 aliphatic rings. The zero-order valence-electron chi connectivity index (χ0n) is 18.3. The normalized spacial score (nSPS) is 16.9. The first kappa shape index (κ1) is 22.5. The summed E-state index contributed by atoms with van der Waals surface area (Å²) in [6.07, 6.45) is 0.572. The van der Waals surface area contributed by atoms with E-state index in [9.17, 15) is 18.0 Å². The molecule has 1 fully saturated rings. The zero-order valence-corrected chi connectivity index (χ0v) is 19.1. The van der Waals surface area contributed by atoms with E-state index in [1.165, 1.54) is 4.31 Å². The fourth-order valence-electron chi connectivity index (χ4n) is 3.73. The highest BCUT2D eigenvalue weighted by Gasteiger charge is 2.29. The summed E-state index contributed by atoms with van der Waals surface area (Å²) >= 11 is 0. The number of benzene rings is 2. The van der Waals surface area contributed by atoms with E-state index in [4.69, 9.17) is 4.74 Å². The van der Waals surface area contributed by atoms with E-state index < -0.39 is 21.9 Å². The minimum Gasteiger partial charge on any atom is -0.462 e. The second-order valence-corrected chi connectivity index (χ2v) is 9.58. The van der Waals surface area contributed by atoms with Gasteiger partial charge in [0.1, 0.15) is 11.4 Å². The number of hydrogen-bond donors (Lipinski definition) is 2. The number of para-hydroxylation sites is 2. The summed E-state index contributed by atoms with van der Waals surface area (Å²) in [6.45, 7) is 4.00. The van der Waals surface area contributed by atoms with E-state index in [0.717, 1.165) is 0 Å². The number of carbonyl (C=O) groups excluding carboxylic acids is 2. The molecule has 2 heterocycles. The van der Waals surface area contributed by atoms with Crippen LogP contribution in [-0.2, 0) is 19.6 Å². The Hall–Kier alpha value is -3.66. The standard InChI is InChI=1S/C23H24N4O5S/c1-3-32-23(29)20-15(2)24-18-7-4-5-8-19(18)25-21(20)26-22(28)16-9-11-17(12-10-16)27-13-6-14-33(27,30)31/h4-5,7-12,24H,3,6,13-14H2,1-2H3,(H,25,26,28). The lowest BCUT2D eigenvalue weighted by atomic mass is 10.1. The first-order valence-electron chi connectivity index (χ1n) is 10.5. The van der Waals surface area contributed by atoms with Crippen LogP contribution in [0.25, 0.3) is 0 Å². The fraction of sp³-hybridized carbons (Fsp3) is 0.261. The molecule has 9 nitrogen and oxygen atoms in total. The molecular formula is C23H24N4O5S. The summed E-state index contributed by atoms with van der Waals surface area (Å²) in [4.78, 5) is 30.2. The topological polar surface area (TPSA) is 117 Å². The minimum atomic E-state index is -3.31. The van der Waals surface area contributed by atoms with Crippen molar-refractivity contribution in [3.8, 4) is 0 Å². The average molecular weight is 469 g/mol. The molecule has 33 heavy (non-hydrogen) atoms. The van der Waals surface area contributed by atoms with Crippen LogP contribution in [0.15, 0.2) is 64.8 Å². The summed E-state index contributed by atoms with van der Waals surface area (Å²) in [5.41, 5.74) is 2.67. The van der Waals surface area contributed by atoms with Crippen LogP contribution in [0.2, 0.25) is 0 Å². The molecule has 0 bridgehead atoms. The highest BCUT2D eigenvalue weighted by atomic mass is 32.2. The molecule has 2 N–H and O–H groups in total. The number of nitrogens with zero attached hydrogens (tertiary/aromatic N) is 2. The van der Waals surface area contributed by atoms with Crippen molar-refractivity contribution in [2.24, 2.45) is 4.99 Å². The third kappa shape index (κ3) is 4.61. The maximum atomic E-state index is 13.0. The number of anilines is 2. The van der Waals surface area contributed by atoms with Gasteiger partial charge in [-0.1, -0.05) is 12.1 Å². The van der Waals surface area contributed by atoms with Crippen molar-refractivity contribution in [2.75, 3.05) is 28.5 Å². The van der Waals surface area contributed by atoms with E-state index in [2.05, 4.69) is 15.6 Å². The van der Waals surface area contributed by atoms with E-state index >= 15 is 0 Å². The Kier molecular flexibility index (Phi) is 6.19. The van der Waals surface area contributed by atoms with Crippen LogP contribution in [0.4, 0.5) is 17.1 Å². The van der Waals surface area contributed by atoms with Crippen LogP contribution in [0.1, 0.15) is 30.6 Å². The third-order valence-electron chi connectivity index (χ3n) is 5.30. The number of amidine groups is 1. The molecule has 1 saturated heterocycles. The van der Waals surface area contributed by atoms with Gasteiger partial charge in [0.05, 0.1) is 29.4 Å². The van der Waals surface area contributed by atoms with Crippen LogP contribution < -0.4 is 14.9 Å². The van der Waals surface area contributed by atoms with Gasteiger partial charge < -0.3 is 15.4 Å². The second kappa shape index (κ2) is 9.07. The molecule has 0 aromatic heterocycles. The highest BCUT2D eigenvalue weighted by Crippen LogP contribution is 2.30. The first-order chi connectivity index (χ1) is 15.8. The molecule has 172 valence electrons. The van der Waals surface area contributed by atoms with Crippen molar-refractivity contribution < 1.29 is 22.7 Å². The fourth-order valence-corrected chi connectivity index (χ4v) is 5.29. The maximum Gasteiger partial charge on any atom is 0.343 e. The number of fused-ring (bicyclic) bond motifs is 1. The monoisotopic (exact) mass is 468 g/mol. The smallest absolute Gasteiger partial charge is 0.343 e. The SMILES string of the molecule is CCOC(=O)C1=C(C)Nc2ccccc2N=C1NC(=O)c1ccc(N2CCCS2(=O)=O)cc1. The molecule has 2 aromatic rings. The number of ether oxygens (including phenoxy) is 1. The van der Waals surface area contributed by atoms with Crippen molar-refractivity contribution in [2.45, 2.75) is 20.3 Å². The molecule has 0 saturated carbocycles. The number of aliphatic imine (C=N–C) groups is 1. The molecule has 0 radical (unpaired) electrons. The van der Waals surface area contributed by atoms with Gasteiger partial charge in [-0.25, -0.2) is 18.2 Å². The van der Waals surface area contributed by atoms with Crippen molar-refractivity contribution >= 4 is 44.8 Å². The van der Waals surface area contributed by atoms with Gasteiger partial charge in [-0.3, -0.25) is 9.10 Å². The zero-order chi connectivity index (χ0) is 23.6. The molecule has 1 amide bonds. The van der Waals surface area contributed by atoms with Crippen LogP contribution in [0, 0.1) is 0 Å². The summed E-state index contributed by atoms with van der Waals surface area (Å²) in [5, 5.41) is 5.87. The summed E-state index contributed by atoms with van der Waals surface area (Å²) in [6, 6.07) is 13.5. The van der Waals surface area contributed by atoms with Crippen molar-refractivity contribution in [1.82, 2.24) is 5.32 Å². The Bertz CT molecular complexity index is 1270. The van der Waals surface area contributed by atoms with Gasteiger partial charge in [0.25, 0.3) is 5.91 Å². The van der Waals surface area contributed by atoms with Gasteiger partial charge in [-0.2, -0.15) is 0 Å². The number of allylic oxidation sites excluding steroid dienone is 1. The van der Waals surface area contributed by atoms with E-state index in [1.807, 2.05) is 12.1 Å². The van der Waals surface area contributed by atoms with Crippen molar-refractivity contribution in [3.05, 3.63) is 65.4 Å². The molecule has 4 rings (SSSR count). The Morgan fingerprint density at radius 1 is 1.15 bits per heavy atom. The number of nitrogens with one attached hydrogen (secondary N) is 2. The lowest BCUT2D eigenvalue weighted by molar-refractivity contribution is -0.137. The first-order valence-corrected chi connectivity index (χ1v) is 12.2. The highest BCUT2D eigenvalue weighted by molar-refractivity contribution is 7.93. The number of sulfonamides is 1. The molecule has 0 unspecified atom stereocenters. The van der Waals surface area contributed by atoms with Crippen LogP contribution in [-0.4, -0.2) is 45.0 Å². The molecule has 0 atom stereocenters. The summed E-state index contributed by atoms with van der Waals surface area (Å²) in [7, 11) is -3.31. The number of hydrogen-bond acceptors (Lipinski definition) is 7. The van der Waals surface area contributed by atoms with Crippen LogP contribution in [0.5, 0.6) is 0 Å². The number of esters is 1.